The standard InChI is InChI=1S/C11H23N3O/c1-8(2)14-6-5-9(3)13(4)10(7-12)11(14)15/h8-10H,5-7,12H2,1-4H3. The Balaban J connectivity index is 2.87. The summed E-state index contributed by atoms with van der Waals surface area (Å²) in [6.45, 7) is 7.52. The van der Waals surface area contributed by atoms with Crippen LogP contribution in [-0.2, 0) is 4.79 Å². The van der Waals surface area contributed by atoms with E-state index in [2.05, 4.69) is 25.7 Å². The van der Waals surface area contributed by atoms with Crippen molar-refractivity contribution in [2.24, 2.45) is 5.73 Å². The summed E-state index contributed by atoms with van der Waals surface area (Å²) in [7, 11) is 1.99. The van der Waals surface area contributed by atoms with E-state index in [0.717, 1.165) is 13.0 Å². The van der Waals surface area contributed by atoms with Crippen molar-refractivity contribution in [1.82, 2.24) is 9.80 Å². The van der Waals surface area contributed by atoms with Crippen molar-refractivity contribution >= 4 is 5.91 Å². The summed E-state index contributed by atoms with van der Waals surface area (Å²) in [4.78, 5) is 16.2. The fourth-order valence-corrected chi connectivity index (χ4v) is 2.09. The van der Waals surface area contributed by atoms with Crippen molar-refractivity contribution in [3.05, 3.63) is 0 Å². The van der Waals surface area contributed by atoms with Gasteiger partial charge in [-0.1, -0.05) is 0 Å². The van der Waals surface area contributed by atoms with Crippen LogP contribution in [0.5, 0.6) is 0 Å². The van der Waals surface area contributed by atoms with Gasteiger partial charge in [0.1, 0.15) is 6.04 Å². The summed E-state index contributed by atoms with van der Waals surface area (Å²) >= 11 is 0. The molecule has 0 spiro atoms. The van der Waals surface area contributed by atoms with E-state index < -0.39 is 0 Å². The Hall–Kier alpha value is -0.610. The zero-order chi connectivity index (χ0) is 11.6. The van der Waals surface area contributed by atoms with Gasteiger partial charge in [-0.2, -0.15) is 0 Å². The van der Waals surface area contributed by atoms with E-state index in [9.17, 15) is 4.79 Å². The van der Waals surface area contributed by atoms with Gasteiger partial charge in [-0.3, -0.25) is 9.69 Å². The Morgan fingerprint density at radius 3 is 2.60 bits per heavy atom. The second-order valence-corrected chi connectivity index (χ2v) is 4.68. The van der Waals surface area contributed by atoms with Gasteiger partial charge >= 0.3 is 0 Å². The molecule has 4 heteroatoms. The molecule has 1 amide bonds. The van der Waals surface area contributed by atoms with Gasteiger partial charge in [0.15, 0.2) is 0 Å². The summed E-state index contributed by atoms with van der Waals surface area (Å²) in [5.41, 5.74) is 5.69. The Bertz CT molecular complexity index is 230. The Labute approximate surface area is 92.4 Å². The van der Waals surface area contributed by atoms with Gasteiger partial charge in [0.05, 0.1) is 0 Å². The van der Waals surface area contributed by atoms with Crippen LogP contribution in [0.3, 0.4) is 0 Å². The van der Waals surface area contributed by atoms with Gasteiger partial charge < -0.3 is 10.6 Å². The minimum atomic E-state index is -0.148. The van der Waals surface area contributed by atoms with E-state index in [-0.39, 0.29) is 18.0 Å². The molecule has 2 N–H and O–H groups in total. The van der Waals surface area contributed by atoms with Crippen molar-refractivity contribution in [3.8, 4) is 0 Å². The lowest BCUT2D eigenvalue weighted by atomic mass is 10.2. The second-order valence-electron chi connectivity index (χ2n) is 4.68. The minimum absolute atomic E-state index is 0.148. The molecule has 0 aromatic rings. The first kappa shape index (κ1) is 12.5. The van der Waals surface area contributed by atoms with Gasteiger partial charge in [0.2, 0.25) is 5.91 Å². The number of hydrogen-bond donors (Lipinski definition) is 1. The number of carbonyl (C=O) groups is 1. The zero-order valence-electron chi connectivity index (χ0n) is 10.2. The van der Waals surface area contributed by atoms with Crippen LogP contribution >= 0.6 is 0 Å². The molecule has 2 atom stereocenters. The first-order valence-electron chi connectivity index (χ1n) is 5.71. The van der Waals surface area contributed by atoms with Crippen LogP contribution in [0.2, 0.25) is 0 Å². The van der Waals surface area contributed by atoms with Crippen molar-refractivity contribution in [3.63, 3.8) is 0 Å². The molecule has 0 saturated carbocycles. The molecule has 1 rings (SSSR count). The van der Waals surface area contributed by atoms with Crippen molar-refractivity contribution in [2.45, 2.75) is 45.3 Å². The van der Waals surface area contributed by atoms with E-state index in [1.807, 2.05) is 11.9 Å². The van der Waals surface area contributed by atoms with Crippen LogP contribution in [0, 0.1) is 0 Å². The molecule has 0 bridgehead atoms. The summed E-state index contributed by atoms with van der Waals surface area (Å²) in [5, 5.41) is 0. The molecule has 0 aliphatic carbocycles. The van der Waals surface area contributed by atoms with Crippen LogP contribution in [0.1, 0.15) is 27.2 Å². The first-order chi connectivity index (χ1) is 6.99. The third-order valence-corrected chi connectivity index (χ3v) is 3.39. The van der Waals surface area contributed by atoms with Gasteiger partial charge in [0.25, 0.3) is 0 Å². The molecule has 1 aliphatic rings. The van der Waals surface area contributed by atoms with Crippen molar-refractivity contribution in [1.29, 1.82) is 0 Å². The zero-order valence-corrected chi connectivity index (χ0v) is 10.2. The molecule has 1 saturated heterocycles. The topological polar surface area (TPSA) is 49.6 Å². The van der Waals surface area contributed by atoms with Gasteiger partial charge in [-0.25, -0.2) is 0 Å². The SMILES string of the molecule is CC(C)N1CCC(C)N(C)C(CN)C1=O. The molecule has 15 heavy (non-hydrogen) atoms. The summed E-state index contributed by atoms with van der Waals surface area (Å²) in [5.74, 6) is 0.180. The maximum Gasteiger partial charge on any atom is 0.241 e. The summed E-state index contributed by atoms with van der Waals surface area (Å²) < 4.78 is 0. The van der Waals surface area contributed by atoms with E-state index in [1.54, 1.807) is 0 Å². The molecule has 0 aromatic heterocycles. The number of nitrogens with two attached hydrogens (primary N) is 1. The third-order valence-electron chi connectivity index (χ3n) is 3.39. The van der Waals surface area contributed by atoms with Crippen molar-refractivity contribution < 1.29 is 4.79 Å². The van der Waals surface area contributed by atoms with Crippen molar-refractivity contribution in [2.75, 3.05) is 20.1 Å². The normalized spacial score (nSPS) is 29.7. The molecule has 1 heterocycles. The Morgan fingerprint density at radius 2 is 2.13 bits per heavy atom. The lowest BCUT2D eigenvalue weighted by molar-refractivity contribution is -0.136. The number of amides is 1. The van der Waals surface area contributed by atoms with Crippen LogP contribution in [0.4, 0.5) is 0 Å². The molecule has 2 unspecified atom stereocenters. The quantitative estimate of drug-likeness (QED) is 0.716. The lowest BCUT2D eigenvalue weighted by Gasteiger charge is -2.30. The predicted molar refractivity (Wildman–Crippen MR) is 61.5 cm³/mol. The molecule has 0 aromatic carbocycles. The highest BCUT2D eigenvalue weighted by Gasteiger charge is 2.33. The monoisotopic (exact) mass is 213 g/mol. The molecular formula is C11H23N3O. The number of hydrogen-bond acceptors (Lipinski definition) is 3. The minimum Gasteiger partial charge on any atom is -0.339 e. The van der Waals surface area contributed by atoms with Crippen LogP contribution < -0.4 is 5.73 Å². The number of likely N-dealkylation sites (N-methyl/N-ethyl adjacent to an activating group) is 1. The lowest BCUT2D eigenvalue weighted by Crippen LogP contribution is -2.51. The maximum absolute atomic E-state index is 12.2. The molecule has 1 aliphatic heterocycles. The van der Waals surface area contributed by atoms with Crippen LogP contribution in [0.15, 0.2) is 0 Å². The smallest absolute Gasteiger partial charge is 0.241 e. The maximum atomic E-state index is 12.2. The van der Waals surface area contributed by atoms with Gasteiger partial charge in [-0.15, -0.1) is 0 Å². The number of rotatable bonds is 2. The van der Waals surface area contributed by atoms with E-state index in [1.165, 1.54) is 0 Å². The average Bonchev–Trinajstić information content (AvgIpc) is 2.26. The molecule has 0 radical (unpaired) electrons. The van der Waals surface area contributed by atoms with Crippen LogP contribution in [-0.4, -0.2) is 54.0 Å². The van der Waals surface area contributed by atoms with E-state index in [0.29, 0.717) is 12.6 Å². The highest BCUT2D eigenvalue weighted by molar-refractivity contribution is 5.82. The molecule has 88 valence electrons. The van der Waals surface area contributed by atoms with Gasteiger partial charge in [-0.05, 0) is 34.2 Å². The van der Waals surface area contributed by atoms with E-state index in [4.69, 9.17) is 5.73 Å². The molecule has 4 nitrogen and oxygen atoms in total. The first-order valence-corrected chi connectivity index (χ1v) is 5.71. The summed E-state index contributed by atoms with van der Waals surface area (Å²) in [6.07, 6.45) is 1.02. The van der Waals surface area contributed by atoms with E-state index >= 15 is 0 Å². The highest BCUT2D eigenvalue weighted by Crippen LogP contribution is 2.16. The summed E-state index contributed by atoms with van der Waals surface area (Å²) in [6, 6.07) is 0.543. The average molecular weight is 213 g/mol. The second kappa shape index (κ2) is 4.94. The Morgan fingerprint density at radius 1 is 1.53 bits per heavy atom. The van der Waals surface area contributed by atoms with Gasteiger partial charge in [0, 0.05) is 25.2 Å². The largest absolute Gasteiger partial charge is 0.339 e. The molecular weight excluding hydrogens is 190 g/mol. The number of nitrogens with zero attached hydrogens (tertiary/aromatic N) is 2. The third kappa shape index (κ3) is 2.49. The predicted octanol–water partition coefficient (Wildman–Crippen LogP) is 0.275. The Kier molecular flexibility index (Phi) is 4.11. The highest BCUT2D eigenvalue weighted by atomic mass is 16.2. The fourth-order valence-electron chi connectivity index (χ4n) is 2.09. The molecule has 1 fully saturated rings. The fraction of sp³-hybridized carbons (Fsp3) is 0.909. The number of carbonyl (C=O) groups excluding carboxylic acids is 1. The van der Waals surface area contributed by atoms with Crippen LogP contribution in [0.25, 0.3) is 0 Å².